The van der Waals surface area contributed by atoms with Gasteiger partial charge in [-0.15, -0.1) is 6.58 Å². The molecule has 3 heterocycles. The minimum absolute atomic E-state index is 0.198. The minimum atomic E-state index is -0.646. The van der Waals surface area contributed by atoms with Crippen LogP contribution in [-0.2, 0) is 23.7 Å². The topological polar surface area (TPSA) is 46.2 Å². The lowest BCUT2D eigenvalue weighted by molar-refractivity contribution is -0.261. The maximum atomic E-state index is 6.27. The van der Waals surface area contributed by atoms with E-state index in [1.807, 2.05) is 40.7 Å². The molecule has 0 amide bonds. The maximum absolute atomic E-state index is 6.27. The first-order valence-electron chi connectivity index (χ1n) is 7.52. The van der Waals surface area contributed by atoms with Gasteiger partial charge in [-0.05, 0) is 34.6 Å². The lowest BCUT2D eigenvalue weighted by Gasteiger charge is -2.43. The van der Waals surface area contributed by atoms with E-state index in [1.54, 1.807) is 0 Å². The van der Waals surface area contributed by atoms with Gasteiger partial charge in [0.05, 0.1) is 6.61 Å². The van der Waals surface area contributed by atoms with Crippen molar-refractivity contribution in [2.24, 2.45) is 5.41 Å². The van der Waals surface area contributed by atoms with Crippen LogP contribution in [0.5, 0.6) is 0 Å². The zero-order valence-corrected chi connectivity index (χ0v) is 13.8. The van der Waals surface area contributed by atoms with E-state index in [9.17, 15) is 0 Å². The number of fused-ring (bicyclic) bond motifs is 1. The van der Waals surface area contributed by atoms with Gasteiger partial charge in [0, 0.05) is 5.41 Å². The highest BCUT2D eigenvalue weighted by atomic mass is 16.8. The summed E-state index contributed by atoms with van der Waals surface area (Å²) in [6.45, 7) is 16.2. The zero-order valence-electron chi connectivity index (χ0n) is 13.8. The van der Waals surface area contributed by atoms with Crippen LogP contribution in [0.3, 0.4) is 0 Å². The van der Waals surface area contributed by atoms with Gasteiger partial charge in [0.1, 0.15) is 17.8 Å². The van der Waals surface area contributed by atoms with Crippen molar-refractivity contribution >= 4 is 0 Å². The maximum Gasteiger partial charge on any atom is 0.188 e. The fraction of sp³-hybridized carbons (Fsp3) is 0.875. The van der Waals surface area contributed by atoms with Crippen LogP contribution in [-0.4, -0.2) is 42.3 Å². The Bertz CT molecular complexity index is 460. The van der Waals surface area contributed by atoms with E-state index in [4.69, 9.17) is 23.7 Å². The molecular weight excluding hydrogens is 272 g/mol. The van der Waals surface area contributed by atoms with Crippen molar-refractivity contribution in [3.8, 4) is 0 Å². The smallest absolute Gasteiger partial charge is 0.188 e. The summed E-state index contributed by atoms with van der Waals surface area (Å²) in [4.78, 5) is 0. The van der Waals surface area contributed by atoms with Crippen LogP contribution < -0.4 is 0 Å². The largest absolute Gasteiger partial charge is 0.348 e. The number of rotatable bonds is 2. The second kappa shape index (κ2) is 4.30. The van der Waals surface area contributed by atoms with Crippen molar-refractivity contribution in [3.05, 3.63) is 12.7 Å². The van der Waals surface area contributed by atoms with Crippen LogP contribution in [0.25, 0.3) is 0 Å². The molecule has 0 aromatic heterocycles. The molecule has 3 aliphatic rings. The van der Waals surface area contributed by atoms with E-state index in [0.717, 1.165) is 0 Å². The van der Waals surface area contributed by atoms with Crippen LogP contribution in [0.1, 0.15) is 41.5 Å². The highest BCUT2D eigenvalue weighted by molar-refractivity contribution is 5.19. The molecule has 0 aliphatic carbocycles. The Morgan fingerprint density at radius 2 is 1.57 bits per heavy atom. The molecule has 21 heavy (non-hydrogen) atoms. The first kappa shape index (κ1) is 15.4. The van der Waals surface area contributed by atoms with Crippen molar-refractivity contribution in [2.45, 2.75) is 77.2 Å². The molecule has 0 aromatic rings. The summed E-state index contributed by atoms with van der Waals surface area (Å²) in [5, 5.41) is 0. The molecule has 3 fully saturated rings. The SMILES string of the molecule is C=C[C@@]1(C)[C@H]2OC(C)(C)O[C@H]2OC1(C)C1COC(C)(C)O1. The fourth-order valence-electron chi connectivity index (χ4n) is 3.57. The summed E-state index contributed by atoms with van der Waals surface area (Å²) in [5.41, 5.74) is -1.05. The van der Waals surface area contributed by atoms with Gasteiger partial charge < -0.3 is 23.7 Å². The predicted octanol–water partition coefficient (Wildman–Crippen LogP) is 2.60. The van der Waals surface area contributed by atoms with E-state index in [2.05, 4.69) is 13.5 Å². The highest BCUT2D eigenvalue weighted by Gasteiger charge is 2.69. The van der Waals surface area contributed by atoms with E-state index in [-0.39, 0.29) is 12.2 Å². The van der Waals surface area contributed by atoms with Crippen molar-refractivity contribution in [3.63, 3.8) is 0 Å². The first-order valence-corrected chi connectivity index (χ1v) is 7.52. The molecule has 5 atom stereocenters. The number of hydrogen-bond acceptors (Lipinski definition) is 5. The molecule has 0 aromatic carbocycles. The van der Waals surface area contributed by atoms with E-state index in [1.165, 1.54) is 0 Å². The standard InChI is InChI=1S/C16H26O5/c1-8-15(6)11-12(20-14(4,5)19-11)21-16(15,7)10-9-17-13(2,3)18-10/h8,10-12H,1,9H2,2-7H3/t10?,11-,12-,15-,16?/m0/s1. The molecule has 3 saturated heterocycles. The lowest BCUT2D eigenvalue weighted by atomic mass is 9.69. The predicted molar refractivity (Wildman–Crippen MR) is 76.5 cm³/mol. The highest BCUT2D eigenvalue weighted by Crippen LogP contribution is 2.56. The Balaban J connectivity index is 1.92. The molecule has 5 heteroatoms. The molecule has 3 aliphatic heterocycles. The normalized spacial score (nSPS) is 51.0. The van der Waals surface area contributed by atoms with Gasteiger partial charge in [-0.25, -0.2) is 0 Å². The molecule has 0 spiro atoms. The summed E-state index contributed by atoms with van der Waals surface area (Å²) in [5.74, 6) is -1.25. The molecule has 0 radical (unpaired) electrons. The van der Waals surface area contributed by atoms with Gasteiger partial charge in [0.25, 0.3) is 0 Å². The van der Waals surface area contributed by atoms with Crippen LogP contribution in [0, 0.1) is 5.41 Å². The van der Waals surface area contributed by atoms with Crippen molar-refractivity contribution in [1.82, 2.24) is 0 Å². The molecular formula is C16H26O5. The van der Waals surface area contributed by atoms with E-state index >= 15 is 0 Å². The third-order valence-electron chi connectivity index (χ3n) is 5.13. The average molecular weight is 298 g/mol. The Hall–Kier alpha value is -0.460. The van der Waals surface area contributed by atoms with E-state index in [0.29, 0.717) is 6.61 Å². The summed E-state index contributed by atoms with van der Waals surface area (Å²) >= 11 is 0. The second-order valence-corrected chi connectivity index (χ2v) is 7.45. The van der Waals surface area contributed by atoms with Gasteiger partial charge in [0.15, 0.2) is 17.9 Å². The Kier molecular flexibility index (Phi) is 3.16. The molecule has 120 valence electrons. The van der Waals surface area contributed by atoms with Crippen LogP contribution in [0.2, 0.25) is 0 Å². The average Bonchev–Trinajstić information content (AvgIpc) is 2.92. The number of ether oxygens (including phenoxy) is 5. The van der Waals surface area contributed by atoms with E-state index < -0.39 is 28.9 Å². The summed E-state index contributed by atoms with van der Waals surface area (Å²) in [6, 6.07) is 0. The summed E-state index contributed by atoms with van der Waals surface area (Å²) in [7, 11) is 0. The Morgan fingerprint density at radius 1 is 0.905 bits per heavy atom. The third kappa shape index (κ3) is 2.10. The van der Waals surface area contributed by atoms with Crippen LogP contribution in [0.15, 0.2) is 12.7 Å². The Morgan fingerprint density at radius 3 is 2.10 bits per heavy atom. The molecule has 5 nitrogen and oxygen atoms in total. The minimum Gasteiger partial charge on any atom is -0.348 e. The molecule has 0 N–H and O–H groups in total. The molecule has 0 saturated carbocycles. The monoisotopic (exact) mass is 298 g/mol. The molecule has 3 rings (SSSR count). The lowest BCUT2D eigenvalue weighted by Crippen LogP contribution is -2.54. The summed E-state index contributed by atoms with van der Waals surface area (Å²) < 4.78 is 30.0. The van der Waals surface area contributed by atoms with Crippen LogP contribution >= 0.6 is 0 Å². The van der Waals surface area contributed by atoms with Gasteiger partial charge in [-0.3, -0.25) is 0 Å². The second-order valence-electron chi connectivity index (χ2n) is 7.45. The van der Waals surface area contributed by atoms with Crippen LogP contribution in [0.4, 0.5) is 0 Å². The van der Waals surface area contributed by atoms with Gasteiger partial charge >= 0.3 is 0 Å². The van der Waals surface area contributed by atoms with Gasteiger partial charge in [-0.1, -0.05) is 13.0 Å². The first-order chi connectivity index (χ1) is 9.53. The van der Waals surface area contributed by atoms with Crippen molar-refractivity contribution in [2.75, 3.05) is 6.61 Å². The zero-order chi connectivity index (χ0) is 15.7. The Labute approximate surface area is 126 Å². The van der Waals surface area contributed by atoms with Crippen molar-refractivity contribution < 1.29 is 23.7 Å². The molecule has 0 bridgehead atoms. The summed E-state index contributed by atoms with van der Waals surface area (Å²) in [6.07, 6.45) is 1.08. The fourth-order valence-corrected chi connectivity index (χ4v) is 3.57. The quantitative estimate of drug-likeness (QED) is 0.733. The number of hydrogen-bond donors (Lipinski definition) is 0. The van der Waals surface area contributed by atoms with Gasteiger partial charge in [0.2, 0.25) is 0 Å². The molecule has 2 unspecified atom stereocenters. The van der Waals surface area contributed by atoms with Crippen molar-refractivity contribution in [1.29, 1.82) is 0 Å². The third-order valence-corrected chi connectivity index (χ3v) is 5.13. The van der Waals surface area contributed by atoms with Gasteiger partial charge in [-0.2, -0.15) is 0 Å².